The first-order valence-corrected chi connectivity index (χ1v) is 17.3. The lowest BCUT2D eigenvalue weighted by Crippen LogP contribution is -2.44. The Morgan fingerprint density at radius 2 is 1.57 bits per heavy atom. The molecule has 0 fully saturated rings. The van der Waals surface area contributed by atoms with Gasteiger partial charge >= 0.3 is 12.0 Å². The van der Waals surface area contributed by atoms with Crippen molar-refractivity contribution in [1.29, 1.82) is 0 Å². The van der Waals surface area contributed by atoms with E-state index in [4.69, 9.17) is 4.74 Å². The number of halogens is 1. The molecule has 1 unspecified atom stereocenters. The normalized spacial score (nSPS) is 11.6. The summed E-state index contributed by atoms with van der Waals surface area (Å²) in [6.45, 7) is 1.41. The fourth-order valence-corrected chi connectivity index (χ4v) is 6.31. The number of urea groups is 1. The molecule has 4 aromatic carbocycles. The van der Waals surface area contributed by atoms with Gasteiger partial charge in [-0.05, 0) is 66.6 Å². The third-order valence-electron chi connectivity index (χ3n) is 6.79. The molecule has 3 amide bonds. The Hall–Kier alpha value is -5.48. The summed E-state index contributed by atoms with van der Waals surface area (Å²) in [6.07, 6.45) is 0. The lowest BCUT2D eigenvalue weighted by molar-refractivity contribution is -0.384. The van der Waals surface area contributed by atoms with E-state index in [1.807, 2.05) is 35.1 Å². The summed E-state index contributed by atoms with van der Waals surface area (Å²) in [4.78, 5) is 48.4. The molecule has 256 valence electrons. The van der Waals surface area contributed by atoms with Gasteiger partial charge in [-0.2, -0.15) is 0 Å². The number of nitro groups is 1. The second-order valence-electron chi connectivity index (χ2n) is 10.3. The number of carbonyl (C=O) groups is 3. The molecule has 0 radical (unpaired) electrons. The summed E-state index contributed by atoms with van der Waals surface area (Å²) in [5, 5.41) is 20.1. The van der Waals surface area contributed by atoms with Gasteiger partial charge in [-0.15, -0.1) is 11.8 Å². The van der Waals surface area contributed by atoms with E-state index >= 15 is 0 Å². The summed E-state index contributed by atoms with van der Waals surface area (Å²) in [7, 11) is -4.54. The third kappa shape index (κ3) is 10.8. The molecule has 0 aliphatic heterocycles. The Morgan fingerprint density at radius 3 is 2.20 bits per heavy atom. The zero-order valence-electron chi connectivity index (χ0n) is 26.1. The van der Waals surface area contributed by atoms with Crippen molar-refractivity contribution in [2.45, 2.75) is 22.8 Å². The van der Waals surface area contributed by atoms with Crippen molar-refractivity contribution in [3.8, 4) is 11.1 Å². The molecule has 0 aromatic heterocycles. The molecule has 1 atom stereocenters. The number of hydrogen-bond donors (Lipinski definition) is 4. The second-order valence-corrected chi connectivity index (χ2v) is 13.1. The number of sulfonamides is 1. The Morgan fingerprint density at radius 1 is 0.918 bits per heavy atom. The number of anilines is 1. The molecule has 0 aliphatic carbocycles. The van der Waals surface area contributed by atoms with E-state index in [9.17, 15) is 37.3 Å². The predicted octanol–water partition coefficient (Wildman–Crippen LogP) is 4.95. The van der Waals surface area contributed by atoms with Gasteiger partial charge in [0.15, 0.2) is 0 Å². The molecule has 0 heterocycles. The highest BCUT2D eigenvalue weighted by atomic mass is 32.2. The van der Waals surface area contributed by atoms with E-state index in [0.29, 0.717) is 16.9 Å². The van der Waals surface area contributed by atoms with Gasteiger partial charge in [0.2, 0.25) is 0 Å². The van der Waals surface area contributed by atoms with Crippen molar-refractivity contribution in [2.24, 2.45) is 0 Å². The molecule has 4 N–H and O–H groups in total. The third-order valence-corrected chi connectivity index (χ3v) is 9.29. The summed E-state index contributed by atoms with van der Waals surface area (Å²) in [5.74, 6) is -1.65. The van der Waals surface area contributed by atoms with Crippen LogP contribution in [0.1, 0.15) is 17.3 Å². The molecule has 13 nitrogen and oxygen atoms in total. The number of nitrogens with zero attached hydrogens (tertiary/aromatic N) is 1. The zero-order chi connectivity index (χ0) is 35.4. The number of thioether (sulfide) groups is 1. The van der Waals surface area contributed by atoms with Crippen molar-refractivity contribution in [3.63, 3.8) is 0 Å². The van der Waals surface area contributed by atoms with E-state index in [0.717, 1.165) is 17.0 Å². The van der Waals surface area contributed by atoms with Gasteiger partial charge < -0.3 is 20.7 Å². The molecule has 4 rings (SSSR count). The van der Waals surface area contributed by atoms with Gasteiger partial charge in [0.1, 0.15) is 18.0 Å². The average molecular weight is 710 g/mol. The molecule has 0 aliphatic rings. The zero-order valence-corrected chi connectivity index (χ0v) is 27.7. The van der Waals surface area contributed by atoms with E-state index < -0.39 is 55.3 Å². The maximum atomic E-state index is 13.2. The lowest BCUT2D eigenvalue weighted by Gasteiger charge is -2.21. The second kappa shape index (κ2) is 17.1. The van der Waals surface area contributed by atoms with Crippen LogP contribution in [0.4, 0.5) is 20.6 Å². The molecule has 0 bridgehead atoms. The number of nitrogens with one attached hydrogen (secondary N) is 4. The summed E-state index contributed by atoms with van der Waals surface area (Å²) in [6, 6.07) is 22.8. The van der Waals surface area contributed by atoms with E-state index in [1.54, 1.807) is 31.2 Å². The van der Waals surface area contributed by atoms with Crippen LogP contribution in [0.3, 0.4) is 0 Å². The number of rotatable bonds is 15. The highest BCUT2D eigenvalue weighted by Gasteiger charge is 2.25. The quantitative estimate of drug-likeness (QED) is 0.0570. The number of esters is 1. The summed E-state index contributed by atoms with van der Waals surface area (Å²) < 4.78 is 46.2. The van der Waals surface area contributed by atoms with E-state index in [2.05, 4.69) is 16.0 Å². The van der Waals surface area contributed by atoms with E-state index in [-0.39, 0.29) is 30.9 Å². The number of nitro benzene ring substituents is 1. The largest absolute Gasteiger partial charge is 0.465 e. The number of benzene rings is 4. The first-order chi connectivity index (χ1) is 23.4. The van der Waals surface area contributed by atoms with Crippen molar-refractivity contribution < 1.29 is 36.9 Å². The van der Waals surface area contributed by atoms with Gasteiger partial charge in [-0.25, -0.2) is 22.3 Å². The Balaban J connectivity index is 1.48. The Bertz CT molecular complexity index is 1890. The Kier molecular flexibility index (Phi) is 12.7. The SMILES string of the molecule is CCOC(=O)CNC(=O)NCC(CSc1ccccc1)Nc1ccc(S(=O)(=O)NC(=O)c2ccc(-c3ccc(F)cc3)cc2)cc1[N+](=O)[O-]. The molecular weight excluding hydrogens is 678 g/mol. The number of carbonyl (C=O) groups excluding carboxylic acids is 3. The van der Waals surface area contributed by atoms with Crippen LogP contribution in [0.15, 0.2) is 107 Å². The van der Waals surface area contributed by atoms with Crippen LogP contribution in [0, 0.1) is 15.9 Å². The molecule has 0 spiro atoms. The van der Waals surface area contributed by atoms with Crippen LogP contribution in [0.5, 0.6) is 0 Å². The molecule has 16 heteroatoms. The summed E-state index contributed by atoms with van der Waals surface area (Å²) >= 11 is 1.41. The molecule has 0 saturated heterocycles. The molecule has 49 heavy (non-hydrogen) atoms. The molecule has 0 saturated carbocycles. The van der Waals surface area contributed by atoms with Gasteiger partial charge in [0, 0.05) is 28.8 Å². The van der Waals surface area contributed by atoms with Crippen LogP contribution in [0.25, 0.3) is 11.1 Å². The maximum Gasteiger partial charge on any atom is 0.325 e. The predicted molar refractivity (Wildman–Crippen MR) is 182 cm³/mol. The summed E-state index contributed by atoms with van der Waals surface area (Å²) in [5.41, 5.74) is 0.765. The van der Waals surface area contributed by atoms with Gasteiger partial charge in [0.25, 0.3) is 21.6 Å². The molecule has 4 aromatic rings. The van der Waals surface area contributed by atoms with Crippen LogP contribution in [0.2, 0.25) is 0 Å². The fraction of sp³-hybridized carbons (Fsp3) is 0.182. The topological polar surface area (TPSA) is 186 Å². The first-order valence-electron chi connectivity index (χ1n) is 14.8. The highest BCUT2D eigenvalue weighted by Crippen LogP contribution is 2.29. The van der Waals surface area contributed by atoms with E-state index in [1.165, 1.54) is 42.1 Å². The van der Waals surface area contributed by atoms with Crippen molar-refractivity contribution >= 4 is 51.1 Å². The number of hydrogen-bond acceptors (Lipinski definition) is 10. The van der Waals surface area contributed by atoms with Gasteiger partial charge in [0.05, 0.1) is 22.5 Å². The minimum absolute atomic E-state index is 0.0137. The van der Waals surface area contributed by atoms with Crippen LogP contribution >= 0.6 is 11.8 Å². The van der Waals surface area contributed by atoms with Crippen LogP contribution in [-0.2, 0) is 19.6 Å². The number of ether oxygens (including phenoxy) is 1. The lowest BCUT2D eigenvalue weighted by atomic mass is 10.0. The highest BCUT2D eigenvalue weighted by molar-refractivity contribution is 7.99. The fourth-order valence-electron chi connectivity index (χ4n) is 4.38. The molecular formula is C33H32FN5O8S2. The monoisotopic (exact) mass is 709 g/mol. The number of amides is 3. The van der Waals surface area contributed by atoms with Crippen molar-refractivity contribution in [1.82, 2.24) is 15.4 Å². The standard InChI is InChI=1S/C33H32FN5O8S2/c1-2-47-31(40)20-36-33(42)35-19-26(21-48-27-6-4-3-5-7-27)37-29-17-16-28(18-30(29)39(43)44)49(45,46)38-32(41)24-10-8-22(9-11-24)23-12-14-25(34)15-13-23/h3-18,26,37H,2,19-21H2,1H3,(H,38,41)(H2,35,36,42). The van der Waals surface area contributed by atoms with Crippen molar-refractivity contribution in [2.75, 3.05) is 30.8 Å². The van der Waals surface area contributed by atoms with Crippen LogP contribution < -0.4 is 20.7 Å². The Labute approximate surface area is 285 Å². The first kappa shape index (κ1) is 36.4. The maximum absolute atomic E-state index is 13.2. The van der Waals surface area contributed by atoms with Gasteiger partial charge in [-0.1, -0.05) is 42.5 Å². The minimum Gasteiger partial charge on any atom is -0.465 e. The van der Waals surface area contributed by atoms with Gasteiger partial charge in [-0.3, -0.25) is 19.7 Å². The smallest absolute Gasteiger partial charge is 0.325 e. The average Bonchev–Trinajstić information content (AvgIpc) is 3.09. The van der Waals surface area contributed by atoms with Crippen LogP contribution in [-0.4, -0.2) is 62.7 Å². The van der Waals surface area contributed by atoms with Crippen molar-refractivity contribution in [3.05, 3.63) is 119 Å². The minimum atomic E-state index is -4.54.